The SMILES string of the molecule is O=C(c1cccc(F)c1)N(Cc1cccc(OS(=O)(=O)c2ccc(F)cc2)c1)Cc1ccco1. The van der Waals surface area contributed by atoms with Crippen LogP contribution in [0.15, 0.2) is 101 Å². The molecule has 3 aromatic carbocycles. The van der Waals surface area contributed by atoms with Crippen LogP contribution in [0.1, 0.15) is 21.7 Å². The smallest absolute Gasteiger partial charge is 0.339 e. The number of benzene rings is 3. The highest BCUT2D eigenvalue weighted by atomic mass is 32.2. The lowest BCUT2D eigenvalue weighted by Gasteiger charge is -2.22. The van der Waals surface area contributed by atoms with E-state index < -0.39 is 27.7 Å². The summed E-state index contributed by atoms with van der Waals surface area (Å²) in [6, 6.07) is 19.2. The van der Waals surface area contributed by atoms with Crippen LogP contribution in [0.3, 0.4) is 0 Å². The Labute approximate surface area is 195 Å². The Morgan fingerprint density at radius 1 is 0.853 bits per heavy atom. The zero-order valence-electron chi connectivity index (χ0n) is 17.7. The number of carbonyl (C=O) groups is 1. The quantitative estimate of drug-likeness (QED) is 0.323. The topological polar surface area (TPSA) is 76.8 Å². The van der Waals surface area contributed by atoms with E-state index in [0.29, 0.717) is 11.3 Å². The van der Waals surface area contributed by atoms with Crippen molar-refractivity contribution < 1.29 is 30.6 Å². The fourth-order valence-electron chi connectivity index (χ4n) is 3.29. The van der Waals surface area contributed by atoms with Crippen molar-refractivity contribution >= 4 is 16.0 Å². The molecule has 1 amide bonds. The van der Waals surface area contributed by atoms with Crippen LogP contribution in [0.4, 0.5) is 8.78 Å². The Morgan fingerprint density at radius 3 is 2.32 bits per heavy atom. The van der Waals surface area contributed by atoms with Gasteiger partial charge in [-0.05, 0) is 72.3 Å². The second-order valence-corrected chi connectivity index (χ2v) is 8.94. The van der Waals surface area contributed by atoms with E-state index in [4.69, 9.17) is 8.60 Å². The standard InChI is InChI=1S/C25H19F2NO5S/c26-20-9-11-24(12-10-20)34(30,31)33-22-7-1-4-18(14-22)16-28(17-23-8-3-13-32-23)25(29)19-5-2-6-21(27)15-19/h1-15H,16-17H2. The van der Waals surface area contributed by atoms with Crippen LogP contribution >= 0.6 is 0 Å². The van der Waals surface area contributed by atoms with Crippen molar-refractivity contribution in [3.05, 3.63) is 120 Å². The van der Waals surface area contributed by atoms with E-state index in [1.54, 1.807) is 24.3 Å². The fourth-order valence-corrected chi connectivity index (χ4v) is 4.21. The fraction of sp³-hybridized carbons (Fsp3) is 0.0800. The first-order chi connectivity index (χ1) is 16.3. The summed E-state index contributed by atoms with van der Waals surface area (Å²) in [5, 5.41) is 0. The molecule has 0 atom stereocenters. The first-order valence-electron chi connectivity index (χ1n) is 10.2. The molecule has 0 fully saturated rings. The molecule has 0 saturated carbocycles. The van der Waals surface area contributed by atoms with Gasteiger partial charge in [0.25, 0.3) is 5.91 Å². The monoisotopic (exact) mass is 483 g/mol. The van der Waals surface area contributed by atoms with E-state index in [1.807, 2.05) is 0 Å². The number of halogens is 2. The summed E-state index contributed by atoms with van der Waals surface area (Å²) >= 11 is 0. The van der Waals surface area contributed by atoms with Gasteiger partial charge in [-0.15, -0.1) is 0 Å². The number of carbonyl (C=O) groups excluding carboxylic acids is 1. The maximum atomic E-state index is 13.7. The molecule has 0 unspecified atom stereocenters. The van der Waals surface area contributed by atoms with Crippen LogP contribution in [0.5, 0.6) is 5.75 Å². The van der Waals surface area contributed by atoms with Crippen molar-refractivity contribution in [2.75, 3.05) is 0 Å². The summed E-state index contributed by atoms with van der Waals surface area (Å²) in [4.78, 5) is 14.4. The molecule has 0 aliphatic heterocycles. The molecule has 0 bridgehead atoms. The van der Waals surface area contributed by atoms with Crippen molar-refractivity contribution in [3.63, 3.8) is 0 Å². The summed E-state index contributed by atoms with van der Waals surface area (Å²) in [7, 11) is -4.18. The number of amides is 1. The van der Waals surface area contributed by atoms with Crippen LogP contribution in [-0.2, 0) is 23.2 Å². The first kappa shape index (κ1) is 23.2. The van der Waals surface area contributed by atoms with Gasteiger partial charge in [0.05, 0.1) is 12.8 Å². The van der Waals surface area contributed by atoms with Crippen LogP contribution in [-0.4, -0.2) is 19.2 Å². The van der Waals surface area contributed by atoms with Gasteiger partial charge < -0.3 is 13.5 Å². The molecule has 0 N–H and O–H groups in total. The van der Waals surface area contributed by atoms with Crippen molar-refractivity contribution in [1.82, 2.24) is 4.90 Å². The number of nitrogens with zero attached hydrogens (tertiary/aromatic N) is 1. The lowest BCUT2D eigenvalue weighted by Crippen LogP contribution is -2.30. The maximum Gasteiger partial charge on any atom is 0.339 e. The highest BCUT2D eigenvalue weighted by Gasteiger charge is 2.20. The molecule has 4 rings (SSSR count). The minimum atomic E-state index is -4.18. The zero-order chi connectivity index (χ0) is 24.1. The molecule has 0 aliphatic rings. The number of hydrogen-bond acceptors (Lipinski definition) is 5. The summed E-state index contributed by atoms with van der Waals surface area (Å²) in [5.41, 5.74) is 0.737. The molecule has 9 heteroatoms. The van der Waals surface area contributed by atoms with Gasteiger partial charge in [0, 0.05) is 12.1 Å². The number of hydrogen-bond donors (Lipinski definition) is 0. The number of furan rings is 1. The predicted molar refractivity (Wildman–Crippen MR) is 119 cm³/mol. The molecule has 0 saturated heterocycles. The van der Waals surface area contributed by atoms with Crippen molar-refractivity contribution in [1.29, 1.82) is 0 Å². The zero-order valence-corrected chi connectivity index (χ0v) is 18.5. The molecule has 34 heavy (non-hydrogen) atoms. The Kier molecular flexibility index (Phi) is 6.74. The average molecular weight is 483 g/mol. The lowest BCUT2D eigenvalue weighted by molar-refractivity contribution is 0.0717. The highest BCUT2D eigenvalue weighted by Crippen LogP contribution is 2.22. The molecule has 0 spiro atoms. The van der Waals surface area contributed by atoms with E-state index >= 15 is 0 Å². The molecule has 1 aromatic heterocycles. The van der Waals surface area contributed by atoms with Gasteiger partial charge in [-0.1, -0.05) is 18.2 Å². The van der Waals surface area contributed by atoms with Crippen LogP contribution in [0.2, 0.25) is 0 Å². The Balaban J connectivity index is 1.57. The Bertz CT molecular complexity index is 1390. The van der Waals surface area contributed by atoms with Gasteiger partial charge >= 0.3 is 10.1 Å². The van der Waals surface area contributed by atoms with Crippen molar-refractivity contribution in [2.45, 2.75) is 18.0 Å². The first-order valence-corrected chi connectivity index (χ1v) is 11.6. The second kappa shape index (κ2) is 9.88. The molecule has 0 aliphatic carbocycles. The summed E-state index contributed by atoms with van der Waals surface area (Å²) in [6.45, 7) is 0.186. The third-order valence-corrected chi connectivity index (χ3v) is 6.13. The Morgan fingerprint density at radius 2 is 1.62 bits per heavy atom. The molecule has 6 nitrogen and oxygen atoms in total. The van der Waals surface area contributed by atoms with E-state index in [2.05, 4.69) is 0 Å². The molecular weight excluding hydrogens is 464 g/mol. The molecule has 0 radical (unpaired) electrons. The van der Waals surface area contributed by atoms with Gasteiger partial charge in [0.1, 0.15) is 28.0 Å². The average Bonchev–Trinajstić information content (AvgIpc) is 3.32. The minimum absolute atomic E-state index is 0.0259. The maximum absolute atomic E-state index is 13.7. The van der Waals surface area contributed by atoms with Gasteiger partial charge in [0.2, 0.25) is 0 Å². The molecular formula is C25H19F2NO5S. The van der Waals surface area contributed by atoms with Gasteiger partial charge in [-0.2, -0.15) is 8.42 Å². The molecule has 1 heterocycles. The summed E-state index contributed by atoms with van der Waals surface area (Å²) in [5.74, 6) is -0.985. The van der Waals surface area contributed by atoms with Crippen molar-refractivity contribution in [3.8, 4) is 5.75 Å². The number of rotatable bonds is 8. The second-order valence-electron chi connectivity index (χ2n) is 7.39. The summed E-state index contributed by atoms with van der Waals surface area (Å²) < 4.78 is 62.4. The third kappa shape index (κ3) is 5.68. The predicted octanol–water partition coefficient (Wildman–Crippen LogP) is 5.17. The van der Waals surface area contributed by atoms with Gasteiger partial charge in [0.15, 0.2) is 0 Å². The van der Waals surface area contributed by atoms with Crippen LogP contribution in [0.25, 0.3) is 0 Å². The van der Waals surface area contributed by atoms with E-state index in [9.17, 15) is 22.0 Å². The summed E-state index contributed by atoms with van der Waals surface area (Å²) in [6.07, 6.45) is 1.48. The third-order valence-electron chi connectivity index (χ3n) is 4.87. The largest absolute Gasteiger partial charge is 0.467 e. The molecule has 174 valence electrons. The van der Waals surface area contributed by atoms with E-state index in [1.165, 1.54) is 41.5 Å². The van der Waals surface area contributed by atoms with E-state index in [0.717, 1.165) is 30.3 Å². The minimum Gasteiger partial charge on any atom is -0.467 e. The molecule has 4 aromatic rings. The van der Waals surface area contributed by atoms with Gasteiger partial charge in [-0.3, -0.25) is 4.79 Å². The normalized spacial score (nSPS) is 11.2. The van der Waals surface area contributed by atoms with Gasteiger partial charge in [-0.25, -0.2) is 8.78 Å². The Hall–Kier alpha value is -3.98. The van der Waals surface area contributed by atoms with E-state index in [-0.39, 0.29) is 29.3 Å². The van der Waals surface area contributed by atoms with Crippen LogP contribution in [0, 0.1) is 11.6 Å². The lowest BCUT2D eigenvalue weighted by atomic mass is 10.1. The van der Waals surface area contributed by atoms with Crippen LogP contribution < -0.4 is 4.18 Å². The highest BCUT2D eigenvalue weighted by molar-refractivity contribution is 7.87. The van der Waals surface area contributed by atoms with Crippen molar-refractivity contribution in [2.24, 2.45) is 0 Å².